The van der Waals surface area contributed by atoms with Gasteiger partial charge in [0.15, 0.2) is 0 Å². The third kappa shape index (κ3) is 5.04. The summed E-state index contributed by atoms with van der Waals surface area (Å²) in [6.07, 6.45) is 5.59. The largest absolute Gasteiger partial charge is 0.371 e. The average molecular weight is 462 g/mol. The van der Waals surface area contributed by atoms with Crippen LogP contribution in [0.25, 0.3) is 5.70 Å². The molecular weight excluding hydrogens is 425 g/mol. The summed E-state index contributed by atoms with van der Waals surface area (Å²) in [5.41, 5.74) is 9.15. The molecule has 2 aromatic rings. The Morgan fingerprint density at radius 2 is 1.88 bits per heavy atom. The zero-order valence-corrected chi connectivity index (χ0v) is 20.5. The molecule has 34 heavy (non-hydrogen) atoms. The molecule has 0 radical (unpaired) electrons. The summed E-state index contributed by atoms with van der Waals surface area (Å²) in [5, 5.41) is 9.02. The van der Waals surface area contributed by atoms with Crippen molar-refractivity contribution in [2.75, 3.05) is 19.7 Å². The van der Waals surface area contributed by atoms with E-state index in [4.69, 9.17) is 10.1 Å². The lowest BCUT2D eigenvalue weighted by atomic mass is 9.76. The number of nitrogens with one attached hydrogen (secondary N) is 1. The highest BCUT2D eigenvalue weighted by molar-refractivity contribution is 5.67. The summed E-state index contributed by atoms with van der Waals surface area (Å²) < 4.78 is 15.8. The molecular formula is C29H36FN3O. The zero-order valence-electron chi connectivity index (χ0n) is 20.5. The molecule has 1 saturated heterocycles. The molecule has 0 aromatic heterocycles. The number of rotatable bonds is 9. The van der Waals surface area contributed by atoms with Crippen LogP contribution in [-0.2, 0) is 23.5 Å². The number of hydrogen-bond donors (Lipinski definition) is 1. The minimum absolute atomic E-state index is 0.415. The van der Waals surface area contributed by atoms with Crippen LogP contribution in [-0.4, -0.2) is 24.6 Å². The van der Waals surface area contributed by atoms with Gasteiger partial charge in [-0.1, -0.05) is 38.1 Å². The molecule has 2 aliphatic rings. The molecule has 0 amide bonds. The number of halogens is 1. The fourth-order valence-corrected chi connectivity index (χ4v) is 5.19. The van der Waals surface area contributed by atoms with Crippen LogP contribution < -0.4 is 5.48 Å². The lowest BCUT2D eigenvalue weighted by molar-refractivity contribution is 0.0460. The van der Waals surface area contributed by atoms with Crippen LogP contribution in [0.15, 0.2) is 43.0 Å². The average Bonchev–Trinajstić information content (AvgIpc) is 2.83. The number of piperidine rings is 1. The SMILES string of the molecule is C=C(c1cc(CNOCC)c(C2CCC2)cc1CC)N1CCC(F)(c2ccc(C#N)cc2)CC1. The molecule has 180 valence electrons. The number of benzene rings is 2. The highest BCUT2D eigenvalue weighted by Crippen LogP contribution is 2.42. The van der Waals surface area contributed by atoms with Crippen LogP contribution in [0.4, 0.5) is 4.39 Å². The first-order chi connectivity index (χ1) is 16.5. The molecule has 2 aromatic carbocycles. The lowest BCUT2D eigenvalue weighted by Crippen LogP contribution is -2.39. The third-order valence-electron chi connectivity index (χ3n) is 7.58. The number of nitriles is 1. The standard InChI is InChI=1S/C29H36FN3O/c1-4-23-17-28(24-7-6-8-24)25(20-32-34-5-2)18-27(23)21(3)33-15-13-29(30,14-16-33)26-11-9-22(19-31)10-12-26/h9-12,17-18,24,32H,3-8,13-16,20H2,1-2H3. The molecule has 0 atom stereocenters. The van der Waals surface area contributed by atoms with Gasteiger partial charge in [-0.05, 0) is 72.6 Å². The van der Waals surface area contributed by atoms with E-state index in [0.717, 1.165) is 12.1 Å². The predicted octanol–water partition coefficient (Wildman–Crippen LogP) is 6.36. The minimum Gasteiger partial charge on any atom is -0.371 e. The van der Waals surface area contributed by atoms with Gasteiger partial charge in [0.2, 0.25) is 0 Å². The van der Waals surface area contributed by atoms with Crippen LogP contribution in [0.1, 0.15) is 85.3 Å². The third-order valence-corrected chi connectivity index (χ3v) is 7.58. The summed E-state index contributed by atoms with van der Waals surface area (Å²) >= 11 is 0. The lowest BCUT2D eigenvalue weighted by Gasteiger charge is -2.39. The Balaban J connectivity index is 1.52. The second-order valence-electron chi connectivity index (χ2n) is 9.53. The first-order valence-electron chi connectivity index (χ1n) is 12.6. The first-order valence-corrected chi connectivity index (χ1v) is 12.6. The van der Waals surface area contributed by atoms with Gasteiger partial charge in [-0.15, -0.1) is 0 Å². The number of alkyl halides is 1. The summed E-state index contributed by atoms with van der Waals surface area (Å²) in [7, 11) is 0. The van der Waals surface area contributed by atoms with Crippen LogP contribution in [0.3, 0.4) is 0 Å². The summed E-state index contributed by atoms with van der Waals surface area (Å²) in [4.78, 5) is 7.67. The van der Waals surface area contributed by atoms with E-state index in [-0.39, 0.29) is 0 Å². The van der Waals surface area contributed by atoms with Gasteiger partial charge in [-0.3, -0.25) is 0 Å². The van der Waals surface area contributed by atoms with Gasteiger partial charge >= 0.3 is 0 Å². The van der Waals surface area contributed by atoms with Gasteiger partial charge in [0.05, 0.1) is 18.2 Å². The van der Waals surface area contributed by atoms with Crippen LogP contribution in [0.5, 0.6) is 0 Å². The van der Waals surface area contributed by atoms with Crippen molar-refractivity contribution in [1.29, 1.82) is 5.26 Å². The highest BCUT2D eigenvalue weighted by Gasteiger charge is 2.37. The number of hydroxylamine groups is 1. The smallest absolute Gasteiger partial charge is 0.139 e. The van der Waals surface area contributed by atoms with Crippen molar-refractivity contribution >= 4 is 5.70 Å². The van der Waals surface area contributed by atoms with Gasteiger partial charge < -0.3 is 9.74 Å². The first kappa shape index (κ1) is 24.4. The fraction of sp³-hybridized carbons (Fsp3) is 0.483. The maximum atomic E-state index is 15.8. The van der Waals surface area contributed by atoms with Crippen molar-refractivity contribution in [1.82, 2.24) is 10.4 Å². The quantitative estimate of drug-likeness (QED) is 0.349. The van der Waals surface area contributed by atoms with Crippen molar-refractivity contribution in [3.63, 3.8) is 0 Å². The fourth-order valence-electron chi connectivity index (χ4n) is 5.19. The van der Waals surface area contributed by atoms with Crippen LogP contribution in [0.2, 0.25) is 0 Å². The highest BCUT2D eigenvalue weighted by atomic mass is 19.1. The van der Waals surface area contributed by atoms with E-state index in [1.54, 1.807) is 24.3 Å². The number of aryl methyl sites for hydroxylation is 1. The molecule has 5 heteroatoms. The predicted molar refractivity (Wildman–Crippen MR) is 135 cm³/mol. The summed E-state index contributed by atoms with van der Waals surface area (Å²) in [6, 6.07) is 13.7. The topological polar surface area (TPSA) is 48.3 Å². The second kappa shape index (κ2) is 10.7. The van der Waals surface area contributed by atoms with Gasteiger partial charge in [0, 0.05) is 43.7 Å². The van der Waals surface area contributed by atoms with Gasteiger partial charge in [-0.2, -0.15) is 10.7 Å². The van der Waals surface area contributed by atoms with Gasteiger partial charge in [0.1, 0.15) is 5.67 Å². The molecule has 2 fully saturated rings. The molecule has 0 spiro atoms. The molecule has 4 nitrogen and oxygen atoms in total. The van der Waals surface area contributed by atoms with E-state index in [2.05, 4.69) is 42.1 Å². The molecule has 0 bridgehead atoms. The van der Waals surface area contributed by atoms with E-state index in [1.165, 1.54) is 41.5 Å². The van der Waals surface area contributed by atoms with Gasteiger partial charge in [-0.25, -0.2) is 4.39 Å². The molecule has 1 aliphatic carbocycles. The second-order valence-corrected chi connectivity index (χ2v) is 9.53. The van der Waals surface area contributed by atoms with E-state index in [9.17, 15) is 0 Å². The molecule has 1 aliphatic heterocycles. The summed E-state index contributed by atoms with van der Waals surface area (Å²) in [6.45, 7) is 11.2. The monoisotopic (exact) mass is 461 g/mol. The normalized spacial score (nSPS) is 17.8. The molecule has 0 unspecified atom stereocenters. The van der Waals surface area contributed by atoms with Crippen molar-refractivity contribution in [2.45, 2.75) is 70.5 Å². The Morgan fingerprint density at radius 1 is 1.18 bits per heavy atom. The number of likely N-dealkylation sites (tertiary alicyclic amines) is 1. The zero-order chi connectivity index (χ0) is 24.1. The van der Waals surface area contributed by atoms with E-state index >= 15 is 4.39 Å². The minimum atomic E-state index is -1.36. The maximum absolute atomic E-state index is 15.8. The van der Waals surface area contributed by atoms with Crippen molar-refractivity contribution < 1.29 is 9.23 Å². The molecule has 1 N–H and O–H groups in total. The van der Waals surface area contributed by atoms with Gasteiger partial charge in [0.25, 0.3) is 0 Å². The van der Waals surface area contributed by atoms with E-state index in [0.29, 0.717) is 56.1 Å². The Hall–Kier alpha value is -2.68. The number of nitrogens with zero attached hydrogens (tertiary/aromatic N) is 2. The Labute approximate surface area is 203 Å². The Kier molecular flexibility index (Phi) is 7.70. The Morgan fingerprint density at radius 3 is 2.44 bits per heavy atom. The van der Waals surface area contributed by atoms with Crippen molar-refractivity contribution in [3.05, 3.63) is 76.4 Å². The molecule has 4 rings (SSSR count). The van der Waals surface area contributed by atoms with Crippen LogP contribution in [0, 0.1) is 11.3 Å². The molecule has 1 saturated carbocycles. The number of hydrogen-bond acceptors (Lipinski definition) is 4. The Bertz CT molecular complexity index is 1040. The van der Waals surface area contributed by atoms with E-state index < -0.39 is 5.67 Å². The molecule has 1 heterocycles. The maximum Gasteiger partial charge on any atom is 0.139 e. The van der Waals surface area contributed by atoms with E-state index in [1.807, 2.05) is 6.92 Å². The van der Waals surface area contributed by atoms with Crippen molar-refractivity contribution in [3.8, 4) is 6.07 Å². The summed E-state index contributed by atoms with van der Waals surface area (Å²) in [5.74, 6) is 0.639. The van der Waals surface area contributed by atoms with Crippen molar-refractivity contribution in [2.24, 2.45) is 0 Å². The van der Waals surface area contributed by atoms with Crippen LogP contribution >= 0.6 is 0 Å².